The highest BCUT2D eigenvalue weighted by Gasteiger charge is 2.72. The van der Waals surface area contributed by atoms with Gasteiger partial charge in [0.1, 0.15) is 6.10 Å². The van der Waals surface area contributed by atoms with Gasteiger partial charge >= 0.3 is 11.9 Å². The second-order valence-electron chi connectivity index (χ2n) is 15.6. The lowest BCUT2D eigenvalue weighted by Gasteiger charge is -2.72. The number of terminal acetylenes is 1. The van der Waals surface area contributed by atoms with Crippen molar-refractivity contribution in [2.75, 3.05) is 6.61 Å². The van der Waals surface area contributed by atoms with Crippen LogP contribution in [0.5, 0.6) is 0 Å². The zero-order valence-electron chi connectivity index (χ0n) is 25.7. The molecule has 0 aromatic heterocycles. The minimum Gasteiger partial charge on any atom is -0.462 e. The molecule has 0 heterocycles. The number of ether oxygens (including phenoxy) is 2. The summed E-state index contributed by atoms with van der Waals surface area (Å²) in [5.74, 6) is 4.64. The molecule has 216 valence electrons. The standard InChI is InChI=1S/C35H52O4/c1-10-21-38-30(37)35-18-13-24(22(2)3)29(35)25-11-12-27-32(7)16-15-28(39-23(4)36)31(5,6)26(32)14-17-34(27,9)33(25,8)19-20-35/h1,24-29H,2,11-21H2,3-9H3/t24-,25+,26-,27+,28-,29+,32-,33+,34+,35-/m0/s1. The maximum atomic E-state index is 13.7. The van der Waals surface area contributed by atoms with Gasteiger partial charge in [0.15, 0.2) is 6.61 Å². The molecule has 0 unspecified atom stereocenters. The van der Waals surface area contributed by atoms with Crippen molar-refractivity contribution in [3.05, 3.63) is 12.2 Å². The Balaban J connectivity index is 1.51. The molecule has 0 aliphatic heterocycles. The first kappa shape index (κ1) is 28.8. The first-order valence-corrected chi connectivity index (χ1v) is 15.6. The Bertz CT molecular complexity index is 1080. The topological polar surface area (TPSA) is 52.6 Å². The first-order valence-electron chi connectivity index (χ1n) is 15.6. The maximum Gasteiger partial charge on any atom is 0.313 e. The van der Waals surface area contributed by atoms with Crippen LogP contribution in [-0.2, 0) is 19.1 Å². The Hall–Kier alpha value is -1.76. The molecule has 0 spiro atoms. The van der Waals surface area contributed by atoms with E-state index in [1.165, 1.54) is 31.3 Å². The zero-order chi connectivity index (χ0) is 28.6. The lowest BCUT2D eigenvalue weighted by Crippen LogP contribution is -2.67. The highest BCUT2D eigenvalue weighted by atomic mass is 16.5. The summed E-state index contributed by atoms with van der Waals surface area (Å²) < 4.78 is 11.6. The van der Waals surface area contributed by atoms with E-state index in [0.29, 0.717) is 29.6 Å². The summed E-state index contributed by atoms with van der Waals surface area (Å²) in [5.41, 5.74) is 1.38. The summed E-state index contributed by atoms with van der Waals surface area (Å²) in [7, 11) is 0. The van der Waals surface area contributed by atoms with Gasteiger partial charge in [-0.2, -0.15) is 0 Å². The van der Waals surface area contributed by atoms with Gasteiger partial charge in [-0.15, -0.1) is 6.42 Å². The Labute approximate surface area is 237 Å². The van der Waals surface area contributed by atoms with Crippen molar-refractivity contribution in [2.24, 2.45) is 56.7 Å². The van der Waals surface area contributed by atoms with E-state index in [9.17, 15) is 9.59 Å². The molecule has 0 radical (unpaired) electrons. The fraction of sp³-hybridized carbons (Fsp3) is 0.829. The van der Waals surface area contributed by atoms with Crippen molar-refractivity contribution in [1.29, 1.82) is 0 Å². The van der Waals surface area contributed by atoms with Crippen molar-refractivity contribution >= 4 is 11.9 Å². The highest BCUT2D eigenvalue weighted by molar-refractivity contribution is 5.78. The van der Waals surface area contributed by atoms with Crippen LogP contribution in [0.15, 0.2) is 12.2 Å². The highest BCUT2D eigenvalue weighted by Crippen LogP contribution is 2.77. The molecule has 5 saturated carbocycles. The molecule has 0 N–H and O–H groups in total. The molecule has 4 heteroatoms. The minimum absolute atomic E-state index is 0.00323. The number of rotatable bonds is 4. The number of hydrogen-bond donors (Lipinski definition) is 0. The van der Waals surface area contributed by atoms with Gasteiger partial charge in [-0.3, -0.25) is 9.59 Å². The van der Waals surface area contributed by atoms with E-state index >= 15 is 0 Å². The molecule has 5 aliphatic carbocycles. The number of esters is 2. The summed E-state index contributed by atoms with van der Waals surface area (Å²) >= 11 is 0. The van der Waals surface area contributed by atoms with Gasteiger partial charge in [0.2, 0.25) is 0 Å². The summed E-state index contributed by atoms with van der Waals surface area (Å²) in [5, 5.41) is 0. The van der Waals surface area contributed by atoms with Gasteiger partial charge in [-0.05, 0) is 117 Å². The van der Waals surface area contributed by atoms with E-state index in [0.717, 1.165) is 38.5 Å². The average Bonchev–Trinajstić information content (AvgIpc) is 3.26. The van der Waals surface area contributed by atoms with Crippen molar-refractivity contribution in [3.8, 4) is 12.3 Å². The van der Waals surface area contributed by atoms with E-state index in [1.54, 1.807) is 6.92 Å². The average molecular weight is 537 g/mol. The number of hydrogen-bond acceptors (Lipinski definition) is 4. The molecule has 0 bridgehead atoms. The molecule has 4 nitrogen and oxygen atoms in total. The molecule has 39 heavy (non-hydrogen) atoms. The third-order valence-corrected chi connectivity index (χ3v) is 14.0. The fourth-order valence-electron chi connectivity index (χ4n) is 12.1. The molecule has 5 fully saturated rings. The lowest BCUT2D eigenvalue weighted by atomic mass is 9.32. The third kappa shape index (κ3) is 3.84. The van der Waals surface area contributed by atoms with E-state index in [1.807, 2.05) is 0 Å². The molecule has 5 rings (SSSR count). The quantitative estimate of drug-likeness (QED) is 0.209. The largest absolute Gasteiger partial charge is 0.462 e. The molecule has 10 atom stereocenters. The molecular weight excluding hydrogens is 484 g/mol. The Morgan fingerprint density at radius 1 is 0.872 bits per heavy atom. The van der Waals surface area contributed by atoms with Crippen LogP contribution in [0.1, 0.15) is 113 Å². The molecule has 0 saturated heterocycles. The Morgan fingerprint density at radius 2 is 1.59 bits per heavy atom. The van der Waals surface area contributed by atoms with Gasteiger partial charge in [-0.1, -0.05) is 52.7 Å². The van der Waals surface area contributed by atoms with Crippen LogP contribution >= 0.6 is 0 Å². The Kier molecular flexibility index (Phi) is 6.92. The SMILES string of the molecule is C#CCOC(=O)[C@]12CC[C@@H](C(=C)C)[C@@H]1[C@H]1CC[C@@H]3[C@@]4(C)CC[C@H](OC(C)=O)C(C)(C)[C@@H]4CC[C@@]3(C)[C@]1(C)CC2. The van der Waals surface area contributed by atoms with Crippen LogP contribution in [0.2, 0.25) is 0 Å². The molecule has 0 aromatic rings. The van der Waals surface area contributed by atoms with Gasteiger partial charge < -0.3 is 9.47 Å². The van der Waals surface area contributed by atoms with Crippen LogP contribution in [0.3, 0.4) is 0 Å². The summed E-state index contributed by atoms with van der Waals surface area (Å²) in [6, 6.07) is 0. The predicted octanol–water partition coefficient (Wildman–Crippen LogP) is 7.75. The second-order valence-corrected chi connectivity index (χ2v) is 15.6. The summed E-state index contributed by atoms with van der Waals surface area (Å²) in [6.45, 7) is 20.7. The van der Waals surface area contributed by atoms with Crippen LogP contribution in [0.25, 0.3) is 0 Å². The van der Waals surface area contributed by atoms with Gasteiger partial charge in [0, 0.05) is 12.3 Å². The molecular formula is C35H52O4. The maximum absolute atomic E-state index is 13.7. The number of fused-ring (bicyclic) bond motifs is 7. The van der Waals surface area contributed by atoms with E-state index in [2.05, 4.69) is 54.0 Å². The number of carbonyl (C=O) groups is 2. The van der Waals surface area contributed by atoms with E-state index in [4.69, 9.17) is 15.9 Å². The monoisotopic (exact) mass is 536 g/mol. The van der Waals surface area contributed by atoms with E-state index in [-0.39, 0.29) is 46.3 Å². The van der Waals surface area contributed by atoms with Gasteiger partial charge in [-0.25, -0.2) is 0 Å². The van der Waals surface area contributed by atoms with Crippen LogP contribution < -0.4 is 0 Å². The summed E-state index contributed by atoms with van der Waals surface area (Å²) in [6.07, 6.45) is 16.3. The lowest BCUT2D eigenvalue weighted by molar-refractivity contribution is -0.250. The third-order valence-electron chi connectivity index (χ3n) is 14.0. The number of allylic oxidation sites excluding steroid dienone is 1. The van der Waals surface area contributed by atoms with E-state index < -0.39 is 5.41 Å². The zero-order valence-corrected chi connectivity index (χ0v) is 25.7. The fourth-order valence-corrected chi connectivity index (χ4v) is 12.1. The van der Waals surface area contributed by atoms with Gasteiger partial charge in [0.25, 0.3) is 0 Å². The number of carbonyl (C=O) groups excluding carboxylic acids is 2. The van der Waals surface area contributed by atoms with Crippen molar-refractivity contribution in [1.82, 2.24) is 0 Å². The van der Waals surface area contributed by atoms with Gasteiger partial charge in [0.05, 0.1) is 5.41 Å². The van der Waals surface area contributed by atoms with Crippen LogP contribution in [0.4, 0.5) is 0 Å². The summed E-state index contributed by atoms with van der Waals surface area (Å²) in [4.78, 5) is 25.6. The second kappa shape index (κ2) is 9.39. The molecule has 0 aromatic carbocycles. The molecule has 5 aliphatic rings. The minimum atomic E-state index is -0.418. The van der Waals surface area contributed by atoms with Crippen molar-refractivity contribution < 1.29 is 19.1 Å². The Morgan fingerprint density at radius 3 is 2.23 bits per heavy atom. The molecule has 0 amide bonds. The predicted molar refractivity (Wildman–Crippen MR) is 154 cm³/mol. The smallest absolute Gasteiger partial charge is 0.313 e. The van der Waals surface area contributed by atoms with Crippen LogP contribution in [-0.4, -0.2) is 24.6 Å². The normalized spacial score (nSPS) is 47.8. The first-order chi connectivity index (χ1) is 18.2. The van der Waals surface area contributed by atoms with Crippen LogP contribution in [0, 0.1) is 69.0 Å². The van der Waals surface area contributed by atoms with Crippen molar-refractivity contribution in [2.45, 2.75) is 119 Å². The van der Waals surface area contributed by atoms with Crippen molar-refractivity contribution in [3.63, 3.8) is 0 Å².